The molecule has 1 saturated carbocycles. The number of ether oxygens (including phenoxy) is 1. The zero-order chi connectivity index (χ0) is 21.1. The molecule has 1 aromatic carbocycles. The van der Waals surface area contributed by atoms with E-state index >= 15 is 0 Å². The molecule has 2 aliphatic heterocycles. The number of fused-ring (bicyclic) bond motifs is 6. The van der Waals surface area contributed by atoms with Gasteiger partial charge in [-0.15, -0.1) is 0 Å². The van der Waals surface area contributed by atoms with Crippen LogP contribution in [0.3, 0.4) is 0 Å². The number of hydrogen-bond acceptors (Lipinski definition) is 5. The van der Waals surface area contributed by atoms with Gasteiger partial charge in [-0.05, 0) is 44.2 Å². The van der Waals surface area contributed by atoms with Gasteiger partial charge in [0.2, 0.25) is 6.04 Å². The molecule has 2 unspecified atom stereocenters. The van der Waals surface area contributed by atoms with Gasteiger partial charge < -0.3 is 9.72 Å². The number of benzene rings is 1. The van der Waals surface area contributed by atoms with E-state index in [0.29, 0.717) is 6.42 Å². The summed E-state index contributed by atoms with van der Waals surface area (Å²) < 4.78 is 5.57. The molecule has 4 atom stereocenters. The normalized spacial score (nSPS) is 33.4. The van der Waals surface area contributed by atoms with Crippen molar-refractivity contribution >= 4 is 16.9 Å². The highest BCUT2D eigenvalue weighted by Crippen LogP contribution is 2.56. The summed E-state index contributed by atoms with van der Waals surface area (Å²) in [6, 6.07) is 7.06. The van der Waals surface area contributed by atoms with Gasteiger partial charge in [-0.2, -0.15) is 0 Å². The molecule has 0 amide bonds. The van der Waals surface area contributed by atoms with Crippen LogP contribution in [0.2, 0.25) is 0 Å². The number of aromatic amines is 1. The molecule has 1 aliphatic carbocycles. The number of hydrogen-bond donors (Lipinski definition) is 2. The quantitative estimate of drug-likeness (QED) is 0.454. The van der Waals surface area contributed by atoms with Gasteiger partial charge in [-0.3, -0.25) is 20.2 Å². The fourth-order valence-electron chi connectivity index (χ4n) is 6.74. The summed E-state index contributed by atoms with van der Waals surface area (Å²) in [4.78, 5) is 29.4. The SMILES string of the molecule is CCOC(=O)C12Cc3c([nH]c4ccccc34)C(C)(N1)[C@@H]([N+](=O)[O-])[C@@H]2C1CCCCC1. The topological polar surface area (TPSA) is 97.3 Å². The van der Waals surface area contributed by atoms with Crippen LogP contribution >= 0.6 is 0 Å². The Balaban J connectivity index is 1.75. The Morgan fingerprint density at radius 3 is 2.70 bits per heavy atom. The minimum absolute atomic E-state index is 0.142. The third-order valence-electron chi connectivity index (χ3n) is 7.80. The predicted molar refractivity (Wildman–Crippen MR) is 113 cm³/mol. The molecular weight excluding hydrogens is 382 g/mol. The molecule has 2 N–H and O–H groups in total. The number of rotatable bonds is 4. The smallest absolute Gasteiger partial charge is 0.327 e. The summed E-state index contributed by atoms with van der Waals surface area (Å²) in [5, 5.41) is 17.1. The van der Waals surface area contributed by atoms with Crippen molar-refractivity contribution in [1.82, 2.24) is 10.3 Å². The Labute approximate surface area is 175 Å². The number of nitro groups is 1. The lowest BCUT2D eigenvalue weighted by molar-refractivity contribution is -0.542. The lowest BCUT2D eigenvalue weighted by Crippen LogP contribution is -2.61. The first-order chi connectivity index (χ1) is 14.4. The number of esters is 1. The van der Waals surface area contributed by atoms with Crippen LogP contribution in [-0.2, 0) is 21.5 Å². The summed E-state index contributed by atoms with van der Waals surface area (Å²) in [6.45, 7) is 3.95. The molecule has 30 heavy (non-hydrogen) atoms. The van der Waals surface area contributed by atoms with Gasteiger partial charge in [-0.1, -0.05) is 37.5 Å². The van der Waals surface area contributed by atoms with Crippen LogP contribution in [0.25, 0.3) is 10.9 Å². The average Bonchev–Trinajstić information content (AvgIpc) is 3.22. The third-order valence-corrected chi connectivity index (χ3v) is 7.80. The molecular formula is C23H29N3O4. The van der Waals surface area contributed by atoms with Crippen LogP contribution in [0.4, 0.5) is 0 Å². The van der Waals surface area contributed by atoms with E-state index in [9.17, 15) is 14.9 Å². The third kappa shape index (κ3) is 2.51. The monoisotopic (exact) mass is 411 g/mol. The van der Waals surface area contributed by atoms with Crippen LogP contribution < -0.4 is 5.32 Å². The van der Waals surface area contributed by atoms with Gasteiger partial charge >= 0.3 is 5.97 Å². The Kier molecular flexibility index (Phi) is 4.43. The number of nitrogens with one attached hydrogen (secondary N) is 2. The summed E-state index contributed by atoms with van der Waals surface area (Å²) >= 11 is 0. The van der Waals surface area contributed by atoms with Crippen molar-refractivity contribution in [3.8, 4) is 0 Å². The van der Waals surface area contributed by atoms with Crippen molar-refractivity contribution < 1.29 is 14.5 Å². The molecule has 3 aliphatic rings. The molecule has 3 heterocycles. The minimum atomic E-state index is -1.07. The van der Waals surface area contributed by atoms with Gasteiger partial charge in [0.05, 0.1) is 12.5 Å². The number of aromatic nitrogens is 1. The fraction of sp³-hybridized carbons (Fsp3) is 0.609. The van der Waals surface area contributed by atoms with E-state index in [-0.39, 0.29) is 23.4 Å². The Bertz CT molecular complexity index is 1010. The second-order valence-electron chi connectivity index (χ2n) is 9.37. The molecule has 2 bridgehead atoms. The largest absolute Gasteiger partial charge is 0.465 e. The van der Waals surface area contributed by atoms with Crippen molar-refractivity contribution in [3.63, 3.8) is 0 Å². The molecule has 5 rings (SSSR count). The van der Waals surface area contributed by atoms with Crippen molar-refractivity contribution in [2.75, 3.05) is 6.61 Å². The van der Waals surface area contributed by atoms with Gasteiger partial charge in [0.25, 0.3) is 0 Å². The van der Waals surface area contributed by atoms with Gasteiger partial charge in [-0.25, -0.2) is 0 Å². The van der Waals surface area contributed by atoms with Crippen molar-refractivity contribution in [2.24, 2.45) is 11.8 Å². The van der Waals surface area contributed by atoms with Crippen LogP contribution in [0.15, 0.2) is 24.3 Å². The Morgan fingerprint density at radius 1 is 1.27 bits per heavy atom. The number of para-hydroxylation sites is 1. The van der Waals surface area contributed by atoms with Crippen molar-refractivity contribution in [1.29, 1.82) is 0 Å². The predicted octanol–water partition coefficient (Wildman–Crippen LogP) is 3.69. The van der Waals surface area contributed by atoms with E-state index in [2.05, 4.69) is 10.3 Å². The van der Waals surface area contributed by atoms with E-state index in [4.69, 9.17) is 4.74 Å². The number of carbonyl (C=O) groups is 1. The molecule has 1 aromatic heterocycles. The molecule has 0 radical (unpaired) electrons. The first kappa shape index (κ1) is 19.5. The second-order valence-corrected chi connectivity index (χ2v) is 9.37. The number of nitrogens with zero attached hydrogens (tertiary/aromatic N) is 1. The zero-order valence-electron chi connectivity index (χ0n) is 17.6. The van der Waals surface area contributed by atoms with E-state index in [0.717, 1.165) is 54.3 Å². The molecule has 2 aromatic rings. The van der Waals surface area contributed by atoms with E-state index in [1.54, 1.807) is 6.92 Å². The standard InChI is InChI=1S/C23H29N3O4/c1-3-30-21(27)23-13-16-15-11-7-8-12-17(15)24-19(16)22(2,25-23)20(26(28)29)18(23)14-9-5-4-6-10-14/h7-8,11-12,14,18,20,24-25H,3-6,9-10,13H2,1-2H3/t18-,20-,22?,23?/m0/s1. The molecule has 7 heteroatoms. The maximum atomic E-state index is 13.5. The van der Waals surface area contributed by atoms with E-state index in [1.165, 1.54) is 0 Å². The van der Waals surface area contributed by atoms with Gasteiger partial charge in [0, 0.05) is 27.9 Å². The van der Waals surface area contributed by atoms with Crippen LogP contribution in [0.1, 0.15) is 57.2 Å². The van der Waals surface area contributed by atoms with E-state index < -0.39 is 23.0 Å². The molecule has 160 valence electrons. The van der Waals surface area contributed by atoms with Crippen LogP contribution in [0.5, 0.6) is 0 Å². The van der Waals surface area contributed by atoms with Crippen LogP contribution in [0, 0.1) is 22.0 Å². The van der Waals surface area contributed by atoms with Crippen LogP contribution in [-0.4, -0.2) is 34.1 Å². The Morgan fingerprint density at radius 2 is 2.00 bits per heavy atom. The average molecular weight is 412 g/mol. The molecule has 2 fully saturated rings. The lowest BCUT2D eigenvalue weighted by Gasteiger charge is -2.40. The summed E-state index contributed by atoms with van der Waals surface area (Å²) in [5.74, 6) is -0.591. The molecule has 1 saturated heterocycles. The molecule has 7 nitrogen and oxygen atoms in total. The van der Waals surface area contributed by atoms with E-state index in [1.807, 2.05) is 31.2 Å². The maximum Gasteiger partial charge on any atom is 0.327 e. The van der Waals surface area contributed by atoms with Gasteiger partial charge in [0.1, 0.15) is 11.1 Å². The first-order valence-electron chi connectivity index (χ1n) is 11.1. The number of carbonyl (C=O) groups excluding carboxylic acids is 1. The Hall–Kier alpha value is -2.41. The fourth-order valence-corrected chi connectivity index (χ4v) is 6.74. The van der Waals surface area contributed by atoms with Gasteiger partial charge in [0.15, 0.2) is 0 Å². The van der Waals surface area contributed by atoms with Crippen molar-refractivity contribution in [3.05, 3.63) is 45.6 Å². The second kappa shape index (κ2) is 6.80. The lowest BCUT2D eigenvalue weighted by atomic mass is 9.67. The first-order valence-corrected chi connectivity index (χ1v) is 11.1. The molecule has 0 spiro atoms. The minimum Gasteiger partial charge on any atom is -0.465 e. The summed E-state index contributed by atoms with van der Waals surface area (Å²) in [6.07, 6.45) is 5.58. The highest BCUT2D eigenvalue weighted by Gasteiger charge is 2.73. The maximum absolute atomic E-state index is 13.5. The zero-order valence-corrected chi connectivity index (χ0v) is 17.6. The summed E-state index contributed by atoms with van der Waals surface area (Å²) in [7, 11) is 0. The highest BCUT2D eigenvalue weighted by molar-refractivity contribution is 5.90. The van der Waals surface area contributed by atoms with Crippen molar-refractivity contribution in [2.45, 2.75) is 69.5 Å². The highest BCUT2D eigenvalue weighted by atomic mass is 16.6. The summed E-state index contributed by atoms with van der Waals surface area (Å²) in [5.41, 5.74) is 0.801. The number of H-pyrrole nitrogens is 1.